The maximum atomic E-state index is 15.5. The highest BCUT2D eigenvalue weighted by molar-refractivity contribution is 5.69. The number of likely N-dealkylation sites (tertiary alicyclic amines) is 1. The van der Waals surface area contributed by atoms with Crippen molar-refractivity contribution < 1.29 is 56.9 Å². The van der Waals surface area contributed by atoms with Crippen LogP contribution in [0.3, 0.4) is 0 Å². The van der Waals surface area contributed by atoms with E-state index in [1.807, 2.05) is 233 Å². The van der Waals surface area contributed by atoms with Gasteiger partial charge in [-0.2, -0.15) is 0 Å². The molecule has 2 fully saturated rings. The molecule has 420 valence electrons. The number of benzene rings is 7. The van der Waals surface area contributed by atoms with E-state index in [0.717, 1.165) is 38.9 Å². The van der Waals surface area contributed by atoms with E-state index in [-0.39, 0.29) is 59.5 Å². The predicted octanol–water partition coefficient (Wildman–Crippen LogP) is 12.0. The molecular formula is C67H75NO12. The molecule has 13 nitrogen and oxygen atoms in total. The minimum Gasteiger partial charge on any atom is -0.444 e. The molecule has 10 atom stereocenters. The average Bonchev–Trinajstić information content (AvgIpc) is 3.53. The summed E-state index contributed by atoms with van der Waals surface area (Å²) < 4.78 is 75.8. The first-order valence-electron chi connectivity index (χ1n) is 27.5. The molecule has 0 aromatic heterocycles. The van der Waals surface area contributed by atoms with E-state index < -0.39 is 73.0 Å². The standard InChI is InChI=1S/C67H75NO12/c1-67(2,3)80-66(69)68-56(47-71-40-49-26-12-5-13-27-49)58(72-41-50-28-14-6-15-29-50)60(74-43-52-32-18-8-19-33-52)62(76-45-54-36-22-10-23-37-54)64(68)78-48-57-59(73-42-51-30-16-7-17-31-51)61(75-44-53-34-20-9-21-35-53)63(65(70-4)79-57)77-46-55-38-24-11-25-39-55/h5-39,56-65H,40-48H2,1-4H3/t56-,57-,58-,59-,60+,61+,62-,63-,64-,65+/m1/s1. The fourth-order valence-electron chi connectivity index (χ4n) is 9.99. The van der Waals surface area contributed by atoms with Crippen LogP contribution in [-0.2, 0) is 98.4 Å². The number of amides is 1. The molecule has 2 aliphatic heterocycles. The van der Waals surface area contributed by atoms with E-state index in [0.29, 0.717) is 0 Å². The normalized spacial score (nSPS) is 23.1. The summed E-state index contributed by atoms with van der Waals surface area (Å²) in [5.41, 5.74) is 5.68. The Morgan fingerprint density at radius 3 is 1.10 bits per heavy atom. The van der Waals surface area contributed by atoms with Crippen molar-refractivity contribution in [3.05, 3.63) is 251 Å². The van der Waals surface area contributed by atoms with E-state index >= 15 is 4.79 Å². The summed E-state index contributed by atoms with van der Waals surface area (Å²) in [5, 5.41) is 0. The number of methoxy groups -OCH3 is 1. The van der Waals surface area contributed by atoms with Crippen LogP contribution in [0.1, 0.15) is 59.7 Å². The molecule has 0 N–H and O–H groups in total. The summed E-state index contributed by atoms with van der Waals surface area (Å²) in [6.45, 7) is 6.87. The summed E-state index contributed by atoms with van der Waals surface area (Å²) in [6, 6.07) is 68.7. The van der Waals surface area contributed by atoms with Gasteiger partial charge in [0.2, 0.25) is 0 Å². The number of rotatable bonds is 26. The van der Waals surface area contributed by atoms with Crippen LogP contribution < -0.4 is 0 Å². The van der Waals surface area contributed by atoms with E-state index in [2.05, 4.69) is 0 Å². The van der Waals surface area contributed by atoms with E-state index in [1.54, 1.807) is 12.0 Å². The molecule has 0 unspecified atom stereocenters. The fourth-order valence-corrected chi connectivity index (χ4v) is 9.99. The highest BCUT2D eigenvalue weighted by Crippen LogP contribution is 2.37. The number of hydrogen-bond donors (Lipinski definition) is 0. The number of piperidine rings is 1. The molecule has 1 amide bonds. The number of carbonyl (C=O) groups excluding carboxylic acids is 1. The van der Waals surface area contributed by atoms with E-state index in [4.69, 9.17) is 52.1 Å². The zero-order valence-corrected chi connectivity index (χ0v) is 46.2. The summed E-state index contributed by atoms with van der Waals surface area (Å²) in [5.74, 6) is 0. The third kappa shape index (κ3) is 16.7. The Balaban J connectivity index is 1.14. The molecule has 0 bridgehead atoms. The molecule has 0 saturated carbocycles. The van der Waals surface area contributed by atoms with Crippen molar-refractivity contribution in [1.82, 2.24) is 4.90 Å². The van der Waals surface area contributed by atoms with Crippen LogP contribution in [0.5, 0.6) is 0 Å². The van der Waals surface area contributed by atoms with Crippen LogP contribution in [0.25, 0.3) is 0 Å². The Kier molecular flexibility index (Phi) is 21.6. The van der Waals surface area contributed by atoms with Crippen LogP contribution in [0.2, 0.25) is 0 Å². The summed E-state index contributed by atoms with van der Waals surface area (Å²) in [7, 11) is 1.59. The average molecular weight is 1090 g/mol. The molecule has 13 heteroatoms. The SMILES string of the molecule is CO[C@H]1O[C@H](CO[C@@H]2[C@H](OCc3ccccc3)[C@@H](OCc3ccccc3)[C@H](OCc3ccccc3)[C@@H](COCc3ccccc3)N2C(=O)OC(C)(C)C)[C@@H](OCc2ccccc2)[C@H](OCc2ccccc2)[C@H]1OCc1ccccc1. The third-order valence-corrected chi connectivity index (χ3v) is 13.9. The maximum Gasteiger partial charge on any atom is 0.412 e. The molecule has 0 spiro atoms. The second-order valence-corrected chi connectivity index (χ2v) is 21.0. The summed E-state index contributed by atoms with van der Waals surface area (Å²) in [6.07, 6.45) is -8.74. The third-order valence-electron chi connectivity index (χ3n) is 13.9. The first kappa shape index (κ1) is 58.1. The summed E-state index contributed by atoms with van der Waals surface area (Å²) in [4.78, 5) is 17.1. The minimum absolute atomic E-state index is 0.00831. The Bertz CT molecular complexity index is 2830. The molecule has 9 rings (SSSR count). The molecule has 7 aromatic carbocycles. The van der Waals surface area contributed by atoms with Crippen molar-refractivity contribution in [2.45, 2.75) is 134 Å². The van der Waals surface area contributed by atoms with Gasteiger partial charge >= 0.3 is 6.09 Å². The van der Waals surface area contributed by atoms with Gasteiger partial charge < -0.3 is 52.1 Å². The molecule has 2 heterocycles. The predicted molar refractivity (Wildman–Crippen MR) is 303 cm³/mol. The van der Waals surface area contributed by atoms with Crippen molar-refractivity contribution in [3.8, 4) is 0 Å². The lowest BCUT2D eigenvalue weighted by molar-refractivity contribution is -0.331. The van der Waals surface area contributed by atoms with Gasteiger partial charge in [0.15, 0.2) is 12.5 Å². The first-order valence-corrected chi connectivity index (χ1v) is 27.5. The van der Waals surface area contributed by atoms with Crippen molar-refractivity contribution >= 4 is 6.09 Å². The summed E-state index contributed by atoms with van der Waals surface area (Å²) >= 11 is 0. The van der Waals surface area contributed by atoms with Crippen LogP contribution >= 0.6 is 0 Å². The fraction of sp³-hybridized carbons (Fsp3) is 0.358. The molecule has 0 radical (unpaired) electrons. The Labute approximate surface area is 471 Å². The molecule has 0 aliphatic carbocycles. The number of nitrogens with zero attached hydrogens (tertiary/aromatic N) is 1. The quantitative estimate of drug-likeness (QED) is 0.0513. The van der Waals surface area contributed by atoms with Gasteiger partial charge in [-0.1, -0.05) is 212 Å². The van der Waals surface area contributed by atoms with Crippen molar-refractivity contribution in [2.75, 3.05) is 20.3 Å². The van der Waals surface area contributed by atoms with Crippen molar-refractivity contribution in [1.29, 1.82) is 0 Å². The number of carbonyl (C=O) groups is 1. The zero-order valence-electron chi connectivity index (χ0n) is 46.2. The monoisotopic (exact) mass is 1090 g/mol. The maximum absolute atomic E-state index is 15.5. The lowest BCUT2D eigenvalue weighted by Crippen LogP contribution is -2.71. The van der Waals surface area contributed by atoms with Crippen LogP contribution in [0.4, 0.5) is 4.79 Å². The Morgan fingerprint density at radius 2 is 0.725 bits per heavy atom. The highest BCUT2D eigenvalue weighted by atomic mass is 16.7. The number of hydrogen-bond acceptors (Lipinski definition) is 12. The van der Waals surface area contributed by atoms with Gasteiger partial charge in [-0.15, -0.1) is 0 Å². The minimum atomic E-state index is -1.20. The highest BCUT2D eigenvalue weighted by Gasteiger charge is 2.56. The van der Waals surface area contributed by atoms with Gasteiger partial charge in [-0.3, -0.25) is 4.90 Å². The Hall–Kier alpha value is -6.59. The van der Waals surface area contributed by atoms with E-state index in [1.165, 1.54) is 0 Å². The number of ether oxygens (including phenoxy) is 11. The van der Waals surface area contributed by atoms with Gasteiger partial charge in [0, 0.05) is 7.11 Å². The van der Waals surface area contributed by atoms with Crippen LogP contribution in [-0.4, -0.2) is 98.2 Å². The molecule has 80 heavy (non-hydrogen) atoms. The smallest absolute Gasteiger partial charge is 0.412 e. The van der Waals surface area contributed by atoms with Crippen molar-refractivity contribution in [3.63, 3.8) is 0 Å². The van der Waals surface area contributed by atoms with Crippen molar-refractivity contribution in [2.24, 2.45) is 0 Å². The zero-order chi connectivity index (χ0) is 55.4. The lowest BCUT2D eigenvalue weighted by Gasteiger charge is -2.52. The van der Waals surface area contributed by atoms with Crippen LogP contribution in [0.15, 0.2) is 212 Å². The second kappa shape index (κ2) is 29.7. The molecule has 2 saturated heterocycles. The largest absolute Gasteiger partial charge is 0.444 e. The van der Waals surface area contributed by atoms with E-state index in [9.17, 15) is 0 Å². The van der Waals surface area contributed by atoms with Gasteiger partial charge in [-0.05, 0) is 59.7 Å². The molecule has 2 aliphatic rings. The van der Waals surface area contributed by atoms with Gasteiger partial charge in [-0.25, -0.2) is 4.79 Å². The molecule has 7 aromatic rings. The van der Waals surface area contributed by atoms with Crippen LogP contribution in [0, 0.1) is 0 Å². The first-order chi connectivity index (χ1) is 39.2. The van der Waals surface area contributed by atoms with Gasteiger partial charge in [0.05, 0.1) is 65.5 Å². The van der Waals surface area contributed by atoms with Gasteiger partial charge in [0.25, 0.3) is 0 Å². The van der Waals surface area contributed by atoms with Gasteiger partial charge in [0.1, 0.15) is 48.3 Å². The molecular weight excluding hydrogens is 1010 g/mol. The lowest BCUT2D eigenvalue weighted by atomic mass is 9.91. The second-order valence-electron chi connectivity index (χ2n) is 21.0. The Morgan fingerprint density at radius 1 is 0.400 bits per heavy atom. The topological polar surface area (TPSA) is 122 Å².